The molecular formula is C21H23FN4O4. The highest BCUT2D eigenvalue weighted by atomic mass is 19.1. The largest absolute Gasteiger partial charge is 0.366 e. The summed E-state index contributed by atoms with van der Waals surface area (Å²) in [5.41, 5.74) is 5.54. The third-order valence-electron chi connectivity index (χ3n) is 4.97. The predicted octanol–water partition coefficient (Wildman–Crippen LogP) is 3.12. The van der Waals surface area contributed by atoms with Gasteiger partial charge in [-0.25, -0.2) is 4.39 Å². The molecule has 30 heavy (non-hydrogen) atoms. The van der Waals surface area contributed by atoms with Gasteiger partial charge in [0.1, 0.15) is 11.5 Å². The second-order valence-corrected chi connectivity index (χ2v) is 7.17. The van der Waals surface area contributed by atoms with Gasteiger partial charge in [-0.2, -0.15) is 0 Å². The van der Waals surface area contributed by atoms with Gasteiger partial charge in [0.2, 0.25) is 5.91 Å². The number of hydrogen-bond donors (Lipinski definition) is 2. The molecule has 1 saturated heterocycles. The number of nitrogens with zero attached hydrogens (tertiary/aromatic N) is 2. The molecule has 0 aliphatic carbocycles. The third-order valence-corrected chi connectivity index (χ3v) is 4.97. The molecule has 1 aliphatic rings. The zero-order valence-electron chi connectivity index (χ0n) is 16.4. The molecule has 3 rings (SSSR count). The Hall–Kier alpha value is -3.49. The lowest BCUT2D eigenvalue weighted by Crippen LogP contribution is -2.42. The van der Waals surface area contributed by atoms with Gasteiger partial charge in [-0.3, -0.25) is 30.6 Å². The molecule has 0 bridgehead atoms. The maximum absolute atomic E-state index is 12.9. The molecular weight excluding hydrogens is 391 g/mol. The molecule has 1 fully saturated rings. The van der Waals surface area contributed by atoms with Crippen LogP contribution in [0.2, 0.25) is 0 Å². The molecule has 2 amide bonds. The van der Waals surface area contributed by atoms with Crippen LogP contribution in [0.25, 0.3) is 0 Å². The van der Waals surface area contributed by atoms with Gasteiger partial charge in [0.15, 0.2) is 0 Å². The highest BCUT2D eigenvalue weighted by Crippen LogP contribution is 2.31. The van der Waals surface area contributed by atoms with Crippen molar-refractivity contribution >= 4 is 23.2 Å². The number of amides is 2. The fourth-order valence-corrected chi connectivity index (χ4v) is 3.42. The number of rotatable bonds is 5. The van der Waals surface area contributed by atoms with Crippen LogP contribution in [0, 0.1) is 15.9 Å². The number of anilines is 1. The minimum absolute atomic E-state index is 0.0470. The van der Waals surface area contributed by atoms with Gasteiger partial charge in [-0.05, 0) is 42.7 Å². The van der Waals surface area contributed by atoms with Crippen molar-refractivity contribution in [3.63, 3.8) is 0 Å². The Kier molecular flexibility index (Phi) is 6.95. The Bertz CT molecular complexity index is 925. The second kappa shape index (κ2) is 9.82. The average molecular weight is 414 g/mol. The van der Waals surface area contributed by atoms with E-state index >= 15 is 0 Å². The van der Waals surface area contributed by atoms with Crippen LogP contribution in [0.5, 0.6) is 0 Å². The standard InChI is InChI=1S/C21H23FN4O4/c22-17-8-5-15(6-9-17)13-20(27)23-24-21(28)16-7-10-18(19(14-16)26(29)30)25-11-3-1-2-4-12-25/h5-10,14H,1-4,11-13H2,(H,23,27)(H,24,28). The van der Waals surface area contributed by atoms with E-state index in [9.17, 15) is 24.1 Å². The predicted molar refractivity (Wildman–Crippen MR) is 109 cm³/mol. The van der Waals surface area contributed by atoms with Gasteiger partial charge in [0, 0.05) is 24.7 Å². The topological polar surface area (TPSA) is 105 Å². The van der Waals surface area contributed by atoms with Crippen LogP contribution in [0.15, 0.2) is 42.5 Å². The van der Waals surface area contributed by atoms with E-state index in [1.54, 1.807) is 6.07 Å². The first-order valence-electron chi connectivity index (χ1n) is 9.81. The number of hydrazine groups is 1. The van der Waals surface area contributed by atoms with Crippen LogP contribution in [0.4, 0.5) is 15.8 Å². The molecule has 0 aromatic heterocycles. The van der Waals surface area contributed by atoms with Crippen molar-refractivity contribution < 1.29 is 18.9 Å². The summed E-state index contributed by atoms with van der Waals surface area (Å²) in [7, 11) is 0. The van der Waals surface area contributed by atoms with Crippen LogP contribution in [0.1, 0.15) is 41.6 Å². The van der Waals surface area contributed by atoms with Crippen LogP contribution >= 0.6 is 0 Å². The third kappa shape index (κ3) is 5.53. The highest BCUT2D eigenvalue weighted by molar-refractivity contribution is 5.97. The van der Waals surface area contributed by atoms with Crippen molar-refractivity contribution in [2.24, 2.45) is 0 Å². The van der Waals surface area contributed by atoms with E-state index in [0.29, 0.717) is 11.3 Å². The summed E-state index contributed by atoms with van der Waals surface area (Å²) in [6.45, 7) is 1.48. The fraction of sp³-hybridized carbons (Fsp3) is 0.333. The molecule has 1 heterocycles. The normalized spacial score (nSPS) is 14.0. The molecule has 2 aromatic rings. The Labute approximate surface area is 173 Å². The lowest BCUT2D eigenvalue weighted by atomic mass is 10.1. The van der Waals surface area contributed by atoms with E-state index in [2.05, 4.69) is 10.9 Å². The van der Waals surface area contributed by atoms with Crippen molar-refractivity contribution in [3.05, 3.63) is 69.5 Å². The monoisotopic (exact) mass is 414 g/mol. The first-order chi connectivity index (χ1) is 14.4. The van der Waals surface area contributed by atoms with Gasteiger partial charge >= 0.3 is 0 Å². The summed E-state index contributed by atoms with van der Waals surface area (Å²) in [6, 6.07) is 9.75. The Balaban J connectivity index is 1.65. The van der Waals surface area contributed by atoms with Crippen molar-refractivity contribution in [1.29, 1.82) is 0 Å². The minimum Gasteiger partial charge on any atom is -0.366 e. The van der Waals surface area contributed by atoms with Crippen molar-refractivity contribution in [2.45, 2.75) is 32.1 Å². The van der Waals surface area contributed by atoms with Gasteiger partial charge in [-0.15, -0.1) is 0 Å². The van der Waals surface area contributed by atoms with Crippen molar-refractivity contribution in [3.8, 4) is 0 Å². The maximum atomic E-state index is 12.9. The summed E-state index contributed by atoms with van der Waals surface area (Å²) in [5.74, 6) is -1.56. The van der Waals surface area contributed by atoms with Gasteiger partial charge < -0.3 is 4.90 Å². The molecule has 0 spiro atoms. The summed E-state index contributed by atoms with van der Waals surface area (Å²) in [4.78, 5) is 37.4. The van der Waals surface area contributed by atoms with E-state index < -0.39 is 22.6 Å². The lowest BCUT2D eigenvalue weighted by molar-refractivity contribution is -0.384. The van der Waals surface area contributed by atoms with E-state index in [1.165, 1.54) is 36.4 Å². The highest BCUT2D eigenvalue weighted by Gasteiger charge is 2.22. The quantitative estimate of drug-likeness (QED) is 0.578. The number of benzene rings is 2. The van der Waals surface area contributed by atoms with Crippen LogP contribution in [0.3, 0.4) is 0 Å². The molecule has 9 heteroatoms. The van der Waals surface area contributed by atoms with E-state index in [-0.39, 0.29) is 17.7 Å². The van der Waals surface area contributed by atoms with Crippen LogP contribution in [-0.2, 0) is 11.2 Å². The average Bonchev–Trinajstić information content (AvgIpc) is 3.02. The SMILES string of the molecule is O=C(Cc1ccc(F)cc1)NNC(=O)c1ccc(N2CCCCCC2)c([N+](=O)[O-])c1. The van der Waals surface area contributed by atoms with Crippen LogP contribution < -0.4 is 15.8 Å². The van der Waals surface area contributed by atoms with Gasteiger partial charge in [0.25, 0.3) is 11.6 Å². The lowest BCUT2D eigenvalue weighted by Gasteiger charge is -2.22. The minimum atomic E-state index is -0.659. The molecule has 0 unspecified atom stereocenters. The van der Waals surface area contributed by atoms with E-state index in [0.717, 1.165) is 38.8 Å². The van der Waals surface area contributed by atoms with Crippen molar-refractivity contribution in [1.82, 2.24) is 10.9 Å². The molecule has 8 nitrogen and oxygen atoms in total. The number of carbonyl (C=O) groups excluding carboxylic acids is 2. The molecule has 2 N–H and O–H groups in total. The Morgan fingerprint density at radius 1 is 1.00 bits per heavy atom. The molecule has 2 aromatic carbocycles. The molecule has 0 saturated carbocycles. The van der Waals surface area contributed by atoms with Gasteiger partial charge in [0.05, 0.1) is 11.3 Å². The second-order valence-electron chi connectivity index (χ2n) is 7.17. The molecule has 158 valence electrons. The summed E-state index contributed by atoms with van der Waals surface area (Å²) in [6.07, 6.45) is 4.10. The van der Waals surface area contributed by atoms with Crippen molar-refractivity contribution in [2.75, 3.05) is 18.0 Å². The fourth-order valence-electron chi connectivity index (χ4n) is 3.42. The number of carbonyl (C=O) groups is 2. The number of hydrogen-bond acceptors (Lipinski definition) is 5. The summed E-state index contributed by atoms with van der Waals surface area (Å²) in [5, 5.41) is 11.6. The summed E-state index contributed by atoms with van der Waals surface area (Å²) < 4.78 is 12.9. The molecule has 0 radical (unpaired) electrons. The summed E-state index contributed by atoms with van der Waals surface area (Å²) >= 11 is 0. The zero-order chi connectivity index (χ0) is 21.5. The maximum Gasteiger partial charge on any atom is 0.293 e. The number of nitro benzene ring substituents is 1. The first-order valence-corrected chi connectivity index (χ1v) is 9.81. The number of nitro groups is 1. The molecule has 1 aliphatic heterocycles. The number of halogens is 1. The first kappa shape index (κ1) is 21.2. The van der Waals surface area contributed by atoms with Crippen LogP contribution in [-0.4, -0.2) is 29.8 Å². The zero-order valence-corrected chi connectivity index (χ0v) is 16.4. The van der Waals surface area contributed by atoms with Gasteiger partial charge in [-0.1, -0.05) is 25.0 Å². The van der Waals surface area contributed by atoms with E-state index in [4.69, 9.17) is 0 Å². The van der Waals surface area contributed by atoms with E-state index in [1.807, 2.05) is 4.90 Å². The number of nitrogens with one attached hydrogen (secondary N) is 2. The smallest absolute Gasteiger partial charge is 0.293 e. The Morgan fingerprint density at radius 3 is 2.30 bits per heavy atom. The molecule has 0 atom stereocenters. The Morgan fingerprint density at radius 2 is 1.67 bits per heavy atom.